The lowest BCUT2D eigenvalue weighted by atomic mass is 9.42. The SMILES string of the molecule is Cc1cc[n+](C2CC3C4CCC(C(C)CCCC(C)C)C4(C)CCC3C3(C)CCC(O)CC23O)cc1.Cc1ccc(S(=O)(=O)[O-])cc1. The highest BCUT2D eigenvalue weighted by Gasteiger charge is 2.70. The van der Waals surface area contributed by atoms with Crippen LogP contribution in [0.1, 0.15) is 122 Å². The second kappa shape index (κ2) is 13.8. The first-order valence-corrected chi connectivity index (χ1v) is 19.8. The first kappa shape index (κ1) is 36.5. The molecule has 6 rings (SSSR count). The molecule has 4 aliphatic rings. The Labute approximate surface area is 285 Å². The third-order valence-corrected chi connectivity index (χ3v) is 14.6. The van der Waals surface area contributed by atoms with E-state index in [1.807, 2.05) is 6.92 Å². The lowest BCUT2D eigenvalue weighted by Gasteiger charge is -2.64. The van der Waals surface area contributed by atoms with Gasteiger partial charge in [-0.15, -0.1) is 0 Å². The fourth-order valence-corrected chi connectivity index (χ4v) is 11.5. The molecule has 2 aromatic rings. The molecule has 4 saturated carbocycles. The minimum atomic E-state index is -4.27. The van der Waals surface area contributed by atoms with Crippen molar-refractivity contribution >= 4 is 10.1 Å². The summed E-state index contributed by atoms with van der Waals surface area (Å²) in [7, 11) is -4.27. The molecule has 0 bridgehead atoms. The van der Waals surface area contributed by atoms with Gasteiger partial charge in [-0.3, -0.25) is 0 Å². The highest BCUT2D eigenvalue weighted by Crippen LogP contribution is 2.70. The molecular weight excluding hydrogens is 607 g/mol. The summed E-state index contributed by atoms with van der Waals surface area (Å²) in [6.07, 6.45) is 16.9. The first-order valence-electron chi connectivity index (χ1n) is 18.4. The fourth-order valence-electron chi connectivity index (χ4n) is 11.1. The van der Waals surface area contributed by atoms with E-state index in [1.54, 1.807) is 12.1 Å². The topological polar surface area (TPSA) is 102 Å². The second-order valence-corrected chi connectivity index (χ2v) is 18.4. The summed E-state index contributed by atoms with van der Waals surface area (Å²) >= 11 is 0. The molecule has 0 spiro atoms. The van der Waals surface area contributed by atoms with E-state index in [9.17, 15) is 23.2 Å². The molecule has 0 aliphatic heterocycles. The Bertz CT molecular complexity index is 1460. The third-order valence-electron chi connectivity index (χ3n) is 13.7. The van der Waals surface area contributed by atoms with E-state index in [0.29, 0.717) is 23.7 Å². The van der Waals surface area contributed by atoms with Crippen LogP contribution in [0, 0.1) is 60.2 Å². The average Bonchev–Trinajstić information content (AvgIpc) is 3.35. The predicted molar refractivity (Wildman–Crippen MR) is 185 cm³/mol. The first-order chi connectivity index (χ1) is 22.0. The van der Waals surface area contributed by atoms with Crippen molar-refractivity contribution in [2.75, 3.05) is 0 Å². The Kier molecular flexibility index (Phi) is 10.7. The quantitative estimate of drug-likeness (QED) is 0.231. The summed E-state index contributed by atoms with van der Waals surface area (Å²) in [5.41, 5.74) is 1.66. The van der Waals surface area contributed by atoms with Crippen LogP contribution in [0.5, 0.6) is 0 Å². The van der Waals surface area contributed by atoms with E-state index in [-0.39, 0.29) is 22.5 Å². The zero-order valence-corrected chi connectivity index (χ0v) is 30.8. The van der Waals surface area contributed by atoms with Crippen LogP contribution in [-0.4, -0.2) is 34.9 Å². The lowest BCUT2D eigenvalue weighted by molar-refractivity contribution is -0.747. The zero-order valence-electron chi connectivity index (χ0n) is 30.0. The van der Waals surface area contributed by atoms with Crippen LogP contribution in [0.15, 0.2) is 53.7 Å². The van der Waals surface area contributed by atoms with Crippen LogP contribution in [0.25, 0.3) is 0 Å². The van der Waals surface area contributed by atoms with Crippen molar-refractivity contribution in [2.45, 2.75) is 142 Å². The Balaban J connectivity index is 0.000000335. The van der Waals surface area contributed by atoms with Crippen LogP contribution in [0.4, 0.5) is 0 Å². The summed E-state index contributed by atoms with van der Waals surface area (Å²) in [6, 6.07) is 10.2. The molecule has 47 heavy (non-hydrogen) atoms. The summed E-state index contributed by atoms with van der Waals surface area (Å²) < 4.78 is 33.5. The van der Waals surface area contributed by atoms with Gasteiger partial charge in [-0.05, 0) is 111 Å². The van der Waals surface area contributed by atoms with Gasteiger partial charge in [0.25, 0.3) is 0 Å². The fraction of sp³-hybridized carbons (Fsp3) is 0.725. The molecule has 4 aliphatic carbocycles. The van der Waals surface area contributed by atoms with Gasteiger partial charge in [0.15, 0.2) is 18.4 Å². The number of aliphatic hydroxyl groups is 2. The van der Waals surface area contributed by atoms with Crippen molar-refractivity contribution in [1.82, 2.24) is 0 Å². The van der Waals surface area contributed by atoms with Gasteiger partial charge in [-0.1, -0.05) is 71.6 Å². The maximum Gasteiger partial charge on any atom is 0.187 e. The molecule has 0 radical (unpaired) electrons. The van der Waals surface area contributed by atoms with Crippen molar-refractivity contribution in [1.29, 1.82) is 0 Å². The van der Waals surface area contributed by atoms with Gasteiger partial charge in [-0.2, -0.15) is 4.57 Å². The summed E-state index contributed by atoms with van der Waals surface area (Å²) in [5.74, 6) is 4.50. The molecule has 10 unspecified atom stereocenters. The number of hydrogen-bond donors (Lipinski definition) is 2. The number of aliphatic hydroxyl groups excluding tert-OH is 1. The van der Waals surface area contributed by atoms with Gasteiger partial charge in [0.1, 0.15) is 15.7 Å². The summed E-state index contributed by atoms with van der Waals surface area (Å²) in [5, 5.41) is 23.3. The van der Waals surface area contributed by atoms with Gasteiger partial charge in [0.05, 0.1) is 11.0 Å². The van der Waals surface area contributed by atoms with Crippen LogP contribution in [-0.2, 0) is 10.1 Å². The van der Waals surface area contributed by atoms with Crippen molar-refractivity contribution < 1.29 is 27.8 Å². The van der Waals surface area contributed by atoms with Crippen molar-refractivity contribution in [3.8, 4) is 0 Å². The van der Waals surface area contributed by atoms with Gasteiger partial charge in [0, 0.05) is 30.4 Å². The molecule has 0 saturated heterocycles. The number of benzene rings is 1. The maximum absolute atomic E-state index is 12.5. The van der Waals surface area contributed by atoms with E-state index in [4.69, 9.17) is 0 Å². The van der Waals surface area contributed by atoms with E-state index >= 15 is 0 Å². The average molecular weight is 668 g/mol. The van der Waals surface area contributed by atoms with Crippen LogP contribution >= 0.6 is 0 Å². The molecule has 1 heterocycles. The Morgan fingerprint density at radius 1 is 0.894 bits per heavy atom. The molecule has 6 nitrogen and oxygen atoms in total. The molecule has 1 aromatic carbocycles. The minimum absolute atomic E-state index is 0.0455. The normalized spacial score (nSPS) is 37.3. The van der Waals surface area contributed by atoms with E-state index < -0.39 is 15.7 Å². The van der Waals surface area contributed by atoms with Gasteiger partial charge in [-0.25, -0.2) is 8.42 Å². The van der Waals surface area contributed by atoms with Gasteiger partial charge in [0.2, 0.25) is 0 Å². The molecule has 262 valence electrons. The summed E-state index contributed by atoms with van der Waals surface area (Å²) in [4.78, 5) is -0.178. The Morgan fingerprint density at radius 3 is 2.15 bits per heavy atom. The van der Waals surface area contributed by atoms with Crippen LogP contribution in [0.3, 0.4) is 0 Å². The highest BCUT2D eigenvalue weighted by molar-refractivity contribution is 7.85. The number of fused-ring (bicyclic) bond motifs is 5. The monoisotopic (exact) mass is 667 g/mol. The van der Waals surface area contributed by atoms with E-state index in [0.717, 1.165) is 48.5 Å². The standard InChI is InChI=1S/C33H54NO2.C7H8O3S/c1-22(2)8-7-9-24(4)27-10-11-28-26-20-30(34-18-14-23(3)15-19-34)33(36)21-25(35)12-17-32(33,6)29(26)13-16-31(27,28)5;1-6-2-4-7(5-3-6)11(8,9)10/h14-15,18-19,22,24-30,35-36H,7-13,16-17,20-21H2,1-6H3;2-5H,1H3,(H,8,9,10)/q+1;/p-1. The molecule has 2 N–H and O–H groups in total. The van der Waals surface area contributed by atoms with Gasteiger partial charge >= 0.3 is 0 Å². The number of aryl methyl sites for hydroxylation is 2. The van der Waals surface area contributed by atoms with Crippen molar-refractivity contribution in [3.63, 3.8) is 0 Å². The van der Waals surface area contributed by atoms with Crippen LogP contribution in [0.2, 0.25) is 0 Å². The van der Waals surface area contributed by atoms with Crippen molar-refractivity contribution in [3.05, 3.63) is 59.9 Å². The molecular formula is C40H61NO5S. The van der Waals surface area contributed by atoms with E-state index in [1.165, 1.54) is 62.6 Å². The maximum atomic E-state index is 12.5. The minimum Gasteiger partial charge on any atom is -0.744 e. The smallest absolute Gasteiger partial charge is 0.187 e. The molecule has 7 heteroatoms. The largest absolute Gasteiger partial charge is 0.744 e. The third kappa shape index (κ3) is 7.11. The van der Waals surface area contributed by atoms with Crippen LogP contribution < -0.4 is 4.57 Å². The zero-order chi connectivity index (χ0) is 34.4. The predicted octanol–water partition coefficient (Wildman–Crippen LogP) is 7.93. The lowest BCUT2D eigenvalue weighted by Crippen LogP contribution is -2.71. The molecule has 4 fully saturated rings. The Hall–Kier alpha value is -1.80. The number of pyridine rings is 1. The molecule has 0 amide bonds. The number of aromatic nitrogens is 1. The second-order valence-electron chi connectivity index (χ2n) is 17.0. The summed E-state index contributed by atoms with van der Waals surface area (Å²) in [6.45, 7) is 16.3. The number of rotatable bonds is 7. The Morgan fingerprint density at radius 2 is 1.53 bits per heavy atom. The van der Waals surface area contributed by atoms with Gasteiger partial charge < -0.3 is 14.8 Å². The number of nitrogens with zero attached hydrogens (tertiary/aromatic N) is 1. The van der Waals surface area contributed by atoms with E-state index in [2.05, 4.69) is 70.6 Å². The van der Waals surface area contributed by atoms with Crippen molar-refractivity contribution in [2.24, 2.45) is 46.3 Å². The molecule has 10 atom stereocenters. The molecule has 1 aromatic heterocycles. The number of hydrogen-bond acceptors (Lipinski definition) is 5. The highest BCUT2D eigenvalue weighted by atomic mass is 32.2.